The highest BCUT2D eigenvalue weighted by Gasteiger charge is 2.45. The number of hydrogen-bond acceptors (Lipinski definition) is 3. The second-order valence-electron chi connectivity index (χ2n) is 6.45. The zero-order chi connectivity index (χ0) is 20.2. The van der Waals surface area contributed by atoms with Gasteiger partial charge in [-0.25, -0.2) is 19.4 Å². The van der Waals surface area contributed by atoms with Crippen LogP contribution < -0.4 is 16.1 Å². The highest BCUT2D eigenvalue weighted by molar-refractivity contribution is 6.31. The van der Waals surface area contributed by atoms with E-state index in [9.17, 15) is 27.2 Å². The normalized spacial score (nSPS) is 23.3. The first kappa shape index (κ1) is 18.5. The molecule has 0 spiro atoms. The van der Waals surface area contributed by atoms with Crippen molar-refractivity contribution < 1.29 is 27.2 Å². The number of halogens is 5. The molecule has 1 aromatic carbocycles. The van der Waals surface area contributed by atoms with Gasteiger partial charge in [0.15, 0.2) is 0 Å². The van der Waals surface area contributed by atoms with E-state index in [-0.39, 0.29) is 12.1 Å². The molecule has 4 rings (SSSR count). The molecule has 3 aliphatic heterocycles. The lowest BCUT2D eigenvalue weighted by Gasteiger charge is -2.36. The number of alkyl halides is 3. The van der Waals surface area contributed by atoms with E-state index in [0.717, 1.165) is 6.07 Å². The third kappa shape index (κ3) is 3.05. The summed E-state index contributed by atoms with van der Waals surface area (Å²) in [5.74, 6) is -1.26. The fraction of sp³-hybridized carbons (Fsp3) is 0.312. The molecule has 12 heteroatoms. The third-order valence-corrected chi connectivity index (χ3v) is 5.06. The van der Waals surface area contributed by atoms with Crippen molar-refractivity contribution >= 4 is 35.1 Å². The maximum absolute atomic E-state index is 14.1. The first-order valence-electron chi connectivity index (χ1n) is 8.17. The average molecular weight is 418 g/mol. The smallest absolute Gasteiger partial charge is 0.309 e. The SMILES string of the molecule is O=C1NN=C2C(=C[C@@H]3CC[C@H]2N3C(=O)Nc2cc(Cl)c(C(F)(F)F)cc2F)N1. The molecule has 3 N–H and O–H groups in total. The molecule has 2 bridgehead atoms. The van der Waals surface area contributed by atoms with Crippen LogP contribution in [0.4, 0.5) is 32.8 Å². The van der Waals surface area contributed by atoms with Crippen molar-refractivity contribution in [2.75, 3.05) is 5.32 Å². The fourth-order valence-electron chi connectivity index (χ4n) is 3.56. The lowest BCUT2D eigenvalue weighted by Crippen LogP contribution is -2.55. The number of carbonyl (C=O) groups excluding carboxylic acids is 2. The number of nitrogens with zero attached hydrogens (tertiary/aromatic N) is 2. The molecular weight excluding hydrogens is 406 g/mol. The van der Waals surface area contributed by atoms with Crippen molar-refractivity contribution in [2.45, 2.75) is 31.1 Å². The van der Waals surface area contributed by atoms with Gasteiger partial charge in [-0.15, -0.1) is 0 Å². The Balaban J connectivity index is 1.59. The van der Waals surface area contributed by atoms with Crippen LogP contribution in [0.5, 0.6) is 0 Å². The van der Waals surface area contributed by atoms with E-state index >= 15 is 0 Å². The van der Waals surface area contributed by atoms with Crippen molar-refractivity contribution in [2.24, 2.45) is 5.10 Å². The van der Waals surface area contributed by atoms with Gasteiger partial charge in [0.25, 0.3) is 0 Å². The van der Waals surface area contributed by atoms with Crippen LogP contribution in [0.2, 0.25) is 5.02 Å². The van der Waals surface area contributed by atoms with E-state index in [0.29, 0.717) is 24.3 Å². The molecule has 0 saturated carbocycles. The molecule has 28 heavy (non-hydrogen) atoms. The van der Waals surface area contributed by atoms with Crippen molar-refractivity contribution in [3.63, 3.8) is 0 Å². The number of fused-ring (bicyclic) bond motifs is 4. The van der Waals surface area contributed by atoms with Crippen LogP contribution >= 0.6 is 11.6 Å². The van der Waals surface area contributed by atoms with E-state index in [4.69, 9.17) is 11.6 Å². The Labute approximate surface area is 160 Å². The average Bonchev–Trinajstić information content (AvgIpc) is 2.92. The predicted octanol–water partition coefficient (Wildman–Crippen LogP) is 3.43. The first-order chi connectivity index (χ1) is 13.1. The number of carbonyl (C=O) groups is 2. The van der Waals surface area contributed by atoms with Crippen LogP contribution in [0, 0.1) is 5.82 Å². The Bertz CT molecular complexity index is 946. The highest BCUT2D eigenvalue weighted by atomic mass is 35.5. The summed E-state index contributed by atoms with van der Waals surface area (Å²) in [4.78, 5) is 25.5. The molecule has 1 aromatic rings. The molecular formula is C16H12ClF4N5O2. The minimum Gasteiger partial charge on any atom is -0.309 e. The number of benzene rings is 1. The zero-order valence-corrected chi connectivity index (χ0v) is 14.7. The van der Waals surface area contributed by atoms with Crippen LogP contribution in [0.15, 0.2) is 29.0 Å². The number of anilines is 1. The van der Waals surface area contributed by atoms with E-state index in [1.807, 2.05) is 0 Å². The molecule has 0 aliphatic carbocycles. The minimum atomic E-state index is -4.82. The molecule has 1 fully saturated rings. The molecule has 3 heterocycles. The van der Waals surface area contributed by atoms with Gasteiger partial charge < -0.3 is 15.5 Å². The molecule has 7 nitrogen and oxygen atoms in total. The molecule has 4 amide bonds. The van der Waals surface area contributed by atoms with Crippen molar-refractivity contribution in [3.05, 3.63) is 40.3 Å². The lowest BCUT2D eigenvalue weighted by atomic mass is 10.0. The Morgan fingerprint density at radius 3 is 2.79 bits per heavy atom. The molecule has 148 valence electrons. The van der Waals surface area contributed by atoms with Crippen LogP contribution in [0.25, 0.3) is 0 Å². The van der Waals surface area contributed by atoms with Gasteiger partial charge in [0.1, 0.15) is 11.5 Å². The second kappa shape index (κ2) is 6.36. The molecule has 0 unspecified atom stereocenters. The van der Waals surface area contributed by atoms with E-state index < -0.39 is 46.4 Å². The standard InChI is InChI=1S/C16H12ClF4N5O2/c17-8-5-10(9(18)4-7(8)16(19,20)21)23-15(28)26-6-1-2-12(26)13-11(3-6)22-14(27)25-24-13/h3-6,12H,1-2H2,(H,23,28)(H2,22,25,27)/t6-,12+/m0/s1. The van der Waals surface area contributed by atoms with Crippen LogP contribution in [0.3, 0.4) is 0 Å². The maximum atomic E-state index is 14.1. The Morgan fingerprint density at radius 2 is 2.07 bits per heavy atom. The van der Waals surface area contributed by atoms with Crippen molar-refractivity contribution in [1.82, 2.24) is 15.6 Å². The van der Waals surface area contributed by atoms with Gasteiger partial charge in [0.2, 0.25) is 0 Å². The number of amides is 4. The van der Waals surface area contributed by atoms with Gasteiger partial charge in [-0.3, -0.25) is 0 Å². The van der Waals surface area contributed by atoms with Gasteiger partial charge in [-0.2, -0.15) is 18.3 Å². The number of rotatable bonds is 1. The number of hydrogen-bond donors (Lipinski definition) is 3. The lowest BCUT2D eigenvalue weighted by molar-refractivity contribution is -0.137. The summed E-state index contributed by atoms with van der Waals surface area (Å²) in [6.45, 7) is 0. The third-order valence-electron chi connectivity index (χ3n) is 4.74. The van der Waals surface area contributed by atoms with Crippen molar-refractivity contribution in [1.29, 1.82) is 0 Å². The number of hydrazone groups is 1. The van der Waals surface area contributed by atoms with Crippen LogP contribution in [0.1, 0.15) is 18.4 Å². The van der Waals surface area contributed by atoms with Gasteiger partial charge >= 0.3 is 18.2 Å². The summed E-state index contributed by atoms with van der Waals surface area (Å²) < 4.78 is 52.5. The zero-order valence-electron chi connectivity index (χ0n) is 13.9. The van der Waals surface area contributed by atoms with Crippen LogP contribution in [-0.2, 0) is 6.18 Å². The molecule has 0 aromatic heterocycles. The van der Waals surface area contributed by atoms with E-state index in [2.05, 4.69) is 21.2 Å². The first-order valence-corrected chi connectivity index (χ1v) is 8.55. The van der Waals surface area contributed by atoms with Crippen LogP contribution in [-0.4, -0.2) is 34.8 Å². The number of urea groups is 2. The minimum absolute atomic E-state index is 0.242. The topological polar surface area (TPSA) is 85.8 Å². The fourth-order valence-corrected chi connectivity index (χ4v) is 3.83. The Kier molecular flexibility index (Phi) is 4.21. The Morgan fingerprint density at radius 1 is 1.32 bits per heavy atom. The van der Waals surface area contributed by atoms with Gasteiger partial charge in [-0.1, -0.05) is 11.6 Å². The van der Waals surface area contributed by atoms with E-state index in [1.165, 1.54) is 4.90 Å². The van der Waals surface area contributed by atoms with Gasteiger partial charge in [0.05, 0.1) is 34.1 Å². The largest absolute Gasteiger partial charge is 0.417 e. The summed E-state index contributed by atoms with van der Waals surface area (Å²) in [5, 5.41) is 8.12. The summed E-state index contributed by atoms with van der Waals surface area (Å²) >= 11 is 5.60. The van der Waals surface area contributed by atoms with Gasteiger partial charge in [-0.05, 0) is 31.1 Å². The molecule has 1 saturated heterocycles. The van der Waals surface area contributed by atoms with E-state index in [1.54, 1.807) is 6.08 Å². The maximum Gasteiger partial charge on any atom is 0.417 e. The second-order valence-corrected chi connectivity index (χ2v) is 6.86. The Hall–Kier alpha value is -2.82. The summed E-state index contributed by atoms with van der Waals surface area (Å²) in [6, 6.07) is -1.07. The van der Waals surface area contributed by atoms with Crippen molar-refractivity contribution in [3.8, 4) is 0 Å². The predicted molar refractivity (Wildman–Crippen MR) is 91.3 cm³/mol. The molecule has 3 aliphatic rings. The quantitative estimate of drug-likeness (QED) is 0.611. The summed E-state index contributed by atoms with van der Waals surface area (Å²) in [7, 11) is 0. The molecule has 0 radical (unpaired) electrons. The summed E-state index contributed by atoms with van der Waals surface area (Å²) in [6.07, 6.45) is -2.00. The number of nitrogens with one attached hydrogen (secondary N) is 3. The monoisotopic (exact) mass is 417 g/mol. The summed E-state index contributed by atoms with van der Waals surface area (Å²) in [5.41, 5.74) is 1.43. The highest BCUT2D eigenvalue weighted by Crippen LogP contribution is 2.38. The molecule has 2 atom stereocenters. The van der Waals surface area contributed by atoms with Gasteiger partial charge in [0, 0.05) is 0 Å².